The van der Waals surface area contributed by atoms with Crippen molar-refractivity contribution in [1.82, 2.24) is 24.8 Å². The molecule has 2 N–H and O–H groups in total. The van der Waals surface area contributed by atoms with Gasteiger partial charge in [0.05, 0.1) is 23.0 Å². The van der Waals surface area contributed by atoms with Gasteiger partial charge in [-0.25, -0.2) is 9.97 Å². The van der Waals surface area contributed by atoms with E-state index < -0.39 is 0 Å². The molecule has 5 rings (SSSR count). The average Bonchev–Trinajstić information content (AvgIpc) is 2.84. The Kier molecular flexibility index (Phi) is 6.11. The lowest BCUT2D eigenvalue weighted by Crippen LogP contribution is -2.31. The number of H-pyrrole nitrogens is 1. The number of anilines is 2. The van der Waals surface area contributed by atoms with Crippen molar-refractivity contribution >= 4 is 22.3 Å². The fourth-order valence-corrected chi connectivity index (χ4v) is 4.92. The minimum atomic E-state index is -0.177. The van der Waals surface area contributed by atoms with Crippen molar-refractivity contribution in [2.75, 3.05) is 19.4 Å². The van der Waals surface area contributed by atoms with Crippen molar-refractivity contribution in [3.05, 3.63) is 76.6 Å². The molecule has 174 valence electrons. The molecule has 34 heavy (non-hydrogen) atoms. The number of nitrogens with zero attached hydrogens (tertiary/aromatic N) is 4. The Balaban J connectivity index is 1.44. The van der Waals surface area contributed by atoms with E-state index in [0.29, 0.717) is 34.6 Å². The molecule has 3 aromatic heterocycles. The Hall–Kier alpha value is -3.58. The van der Waals surface area contributed by atoms with Crippen LogP contribution in [0.4, 0.5) is 11.5 Å². The number of pyridine rings is 2. The molecule has 0 saturated heterocycles. The van der Waals surface area contributed by atoms with Gasteiger partial charge in [-0.05, 0) is 87.8 Å². The van der Waals surface area contributed by atoms with Gasteiger partial charge in [-0.1, -0.05) is 12.1 Å². The Bertz CT molecular complexity index is 1350. The average molecular weight is 455 g/mol. The fraction of sp³-hybridized carbons (Fsp3) is 0.333. The molecule has 1 fully saturated rings. The smallest absolute Gasteiger partial charge is 0.259 e. The lowest BCUT2D eigenvalue weighted by molar-refractivity contribution is 0.216. The molecule has 7 nitrogen and oxygen atoms in total. The first kappa shape index (κ1) is 22.2. The van der Waals surface area contributed by atoms with E-state index in [2.05, 4.69) is 63.5 Å². The molecule has 1 aliphatic carbocycles. The Morgan fingerprint density at radius 3 is 2.44 bits per heavy atom. The SMILES string of the molecule is Cc1cncc(-c2cc3cc[nH]c(=O)c3c(Nc3ccc(C4CCC(N(C)C)CC4)cc3)n2)n1. The quantitative estimate of drug-likeness (QED) is 0.440. The third kappa shape index (κ3) is 4.56. The molecule has 1 saturated carbocycles. The van der Waals surface area contributed by atoms with Crippen molar-refractivity contribution in [2.24, 2.45) is 0 Å². The lowest BCUT2D eigenvalue weighted by atomic mass is 9.81. The summed E-state index contributed by atoms with van der Waals surface area (Å²) in [7, 11) is 4.35. The third-order valence-corrected chi connectivity index (χ3v) is 6.84. The summed E-state index contributed by atoms with van der Waals surface area (Å²) in [4.78, 5) is 31.3. The number of aromatic nitrogens is 4. The van der Waals surface area contributed by atoms with E-state index in [1.165, 1.54) is 31.2 Å². The fourth-order valence-electron chi connectivity index (χ4n) is 4.92. The number of fused-ring (bicyclic) bond motifs is 1. The van der Waals surface area contributed by atoms with Gasteiger partial charge in [-0.3, -0.25) is 9.78 Å². The number of rotatable bonds is 5. The predicted octanol–water partition coefficient (Wildman–Crippen LogP) is 5.02. The normalized spacial score (nSPS) is 18.4. The highest BCUT2D eigenvalue weighted by atomic mass is 16.1. The summed E-state index contributed by atoms with van der Waals surface area (Å²) in [6.07, 6.45) is 9.98. The van der Waals surface area contributed by atoms with Crippen LogP contribution in [0.25, 0.3) is 22.2 Å². The monoisotopic (exact) mass is 454 g/mol. The topological polar surface area (TPSA) is 86.8 Å². The molecule has 3 heterocycles. The van der Waals surface area contributed by atoms with Gasteiger partial charge in [0.1, 0.15) is 11.5 Å². The highest BCUT2D eigenvalue weighted by Crippen LogP contribution is 2.35. The standard InChI is InChI=1S/C27H30N6O/c1-17-15-28-16-24(30-17)23-14-20-12-13-29-27(34)25(20)26(32-23)31-21-8-4-18(5-9-21)19-6-10-22(11-7-19)33(2)3/h4-5,8-9,12-16,19,22H,6-7,10-11H2,1-3H3,(H,29,34)(H,31,32). The van der Waals surface area contributed by atoms with Crippen LogP contribution in [-0.4, -0.2) is 45.0 Å². The van der Waals surface area contributed by atoms with Gasteiger partial charge in [0, 0.05) is 24.1 Å². The van der Waals surface area contributed by atoms with Gasteiger partial charge < -0.3 is 15.2 Å². The molecule has 1 aliphatic rings. The number of aryl methyl sites for hydroxylation is 1. The zero-order valence-corrected chi connectivity index (χ0v) is 19.9. The number of aromatic amines is 1. The van der Waals surface area contributed by atoms with Crippen LogP contribution < -0.4 is 10.9 Å². The molecule has 0 unspecified atom stereocenters. The van der Waals surface area contributed by atoms with Crippen molar-refractivity contribution < 1.29 is 0 Å². The molecule has 0 aliphatic heterocycles. The Morgan fingerprint density at radius 1 is 0.971 bits per heavy atom. The molecular formula is C27H30N6O. The summed E-state index contributed by atoms with van der Waals surface area (Å²) < 4.78 is 0. The molecule has 0 radical (unpaired) electrons. The largest absolute Gasteiger partial charge is 0.340 e. The van der Waals surface area contributed by atoms with Crippen LogP contribution in [-0.2, 0) is 0 Å². The molecule has 1 aromatic carbocycles. The van der Waals surface area contributed by atoms with E-state index in [-0.39, 0.29) is 5.56 Å². The van der Waals surface area contributed by atoms with Gasteiger partial charge in [0.2, 0.25) is 0 Å². The molecule has 0 amide bonds. The van der Waals surface area contributed by atoms with Gasteiger partial charge >= 0.3 is 0 Å². The Labute approximate surface area is 199 Å². The maximum absolute atomic E-state index is 12.7. The molecule has 7 heteroatoms. The first-order valence-corrected chi connectivity index (χ1v) is 11.8. The minimum Gasteiger partial charge on any atom is -0.340 e. The van der Waals surface area contributed by atoms with Gasteiger partial charge in [0.25, 0.3) is 5.56 Å². The highest BCUT2D eigenvalue weighted by Gasteiger charge is 2.23. The number of nitrogens with one attached hydrogen (secondary N) is 2. The van der Waals surface area contributed by atoms with E-state index in [1.54, 1.807) is 18.6 Å². The second kappa shape index (κ2) is 9.35. The van der Waals surface area contributed by atoms with Gasteiger partial charge in [-0.2, -0.15) is 0 Å². The van der Waals surface area contributed by atoms with Crippen LogP contribution in [0.3, 0.4) is 0 Å². The highest BCUT2D eigenvalue weighted by molar-refractivity contribution is 5.94. The number of hydrogen-bond donors (Lipinski definition) is 2. The summed E-state index contributed by atoms with van der Waals surface area (Å²) in [5.41, 5.74) is 4.26. The van der Waals surface area contributed by atoms with E-state index in [4.69, 9.17) is 4.98 Å². The van der Waals surface area contributed by atoms with Crippen LogP contribution >= 0.6 is 0 Å². The second-order valence-electron chi connectivity index (χ2n) is 9.39. The second-order valence-corrected chi connectivity index (χ2v) is 9.39. The first-order valence-electron chi connectivity index (χ1n) is 11.8. The van der Waals surface area contributed by atoms with E-state index in [1.807, 2.05) is 19.1 Å². The van der Waals surface area contributed by atoms with Crippen molar-refractivity contribution in [2.45, 2.75) is 44.6 Å². The maximum atomic E-state index is 12.7. The molecule has 0 spiro atoms. The van der Waals surface area contributed by atoms with Gasteiger partial charge in [-0.15, -0.1) is 0 Å². The summed E-state index contributed by atoms with van der Waals surface area (Å²) in [5, 5.41) is 4.70. The maximum Gasteiger partial charge on any atom is 0.259 e. The zero-order chi connectivity index (χ0) is 23.7. The summed E-state index contributed by atoms with van der Waals surface area (Å²) in [5.74, 6) is 1.12. The third-order valence-electron chi connectivity index (χ3n) is 6.84. The van der Waals surface area contributed by atoms with E-state index in [0.717, 1.165) is 16.8 Å². The number of benzene rings is 1. The molecule has 0 bridgehead atoms. The number of hydrogen-bond acceptors (Lipinski definition) is 6. The van der Waals surface area contributed by atoms with Crippen molar-refractivity contribution in [3.8, 4) is 11.4 Å². The summed E-state index contributed by atoms with van der Waals surface area (Å²) in [6.45, 7) is 1.90. The first-order chi connectivity index (χ1) is 16.5. The Morgan fingerprint density at radius 2 is 1.74 bits per heavy atom. The molecular weight excluding hydrogens is 424 g/mol. The molecule has 0 atom stereocenters. The minimum absolute atomic E-state index is 0.177. The van der Waals surface area contributed by atoms with E-state index >= 15 is 0 Å². The van der Waals surface area contributed by atoms with Crippen LogP contribution in [0.5, 0.6) is 0 Å². The predicted molar refractivity (Wildman–Crippen MR) is 137 cm³/mol. The lowest BCUT2D eigenvalue weighted by Gasteiger charge is -2.32. The van der Waals surface area contributed by atoms with Crippen LogP contribution in [0.1, 0.15) is 42.9 Å². The van der Waals surface area contributed by atoms with E-state index in [9.17, 15) is 4.79 Å². The van der Waals surface area contributed by atoms with Crippen molar-refractivity contribution in [3.63, 3.8) is 0 Å². The van der Waals surface area contributed by atoms with Gasteiger partial charge in [0.15, 0.2) is 0 Å². The zero-order valence-electron chi connectivity index (χ0n) is 19.9. The van der Waals surface area contributed by atoms with Crippen molar-refractivity contribution in [1.29, 1.82) is 0 Å². The molecule has 4 aromatic rings. The summed E-state index contributed by atoms with van der Waals surface area (Å²) >= 11 is 0. The van der Waals surface area contributed by atoms with Crippen LogP contribution in [0, 0.1) is 6.92 Å². The van der Waals surface area contributed by atoms with Crippen LogP contribution in [0.15, 0.2) is 59.8 Å². The van der Waals surface area contributed by atoms with Crippen LogP contribution in [0.2, 0.25) is 0 Å². The summed E-state index contributed by atoms with van der Waals surface area (Å²) in [6, 6.07) is 13.0.